The number of aromatic carboxylic acids is 1. The first-order valence-corrected chi connectivity index (χ1v) is 6.80. The zero-order valence-electron chi connectivity index (χ0n) is 11.9. The Morgan fingerprint density at radius 1 is 1.50 bits per heavy atom. The van der Waals surface area contributed by atoms with E-state index in [0.29, 0.717) is 12.2 Å². The number of carbonyl (C=O) groups is 1. The SMILES string of the molecule is CCc1cc(C(=O)O)cc(N2CC=C(COC)CC2)n1. The molecule has 0 saturated heterocycles. The van der Waals surface area contributed by atoms with Gasteiger partial charge in [0.05, 0.1) is 12.2 Å². The molecule has 2 heterocycles. The molecule has 0 aromatic carbocycles. The minimum absolute atomic E-state index is 0.304. The predicted molar refractivity (Wildman–Crippen MR) is 77.4 cm³/mol. The highest BCUT2D eigenvalue weighted by Gasteiger charge is 2.16. The minimum Gasteiger partial charge on any atom is -0.478 e. The van der Waals surface area contributed by atoms with Crippen LogP contribution in [0.5, 0.6) is 0 Å². The number of rotatable bonds is 5. The Morgan fingerprint density at radius 3 is 2.85 bits per heavy atom. The number of hydrogen-bond donors (Lipinski definition) is 1. The minimum atomic E-state index is -0.907. The molecule has 5 heteroatoms. The second kappa shape index (κ2) is 6.52. The van der Waals surface area contributed by atoms with E-state index < -0.39 is 5.97 Å². The third kappa shape index (κ3) is 3.36. The zero-order valence-corrected chi connectivity index (χ0v) is 11.9. The van der Waals surface area contributed by atoms with Crippen LogP contribution in [0.15, 0.2) is 23.8 Å². The lowest BCUT2D eigenvalue weighted by molar-refractivity contribution is 0.0696. The summed E-state index contributed by atoms with van der Waals surface area (Å²) < 4.78 is 5.13. The van der Waals surface area contributed by atoms with Crippen LogP contribution in [0.3, 0.4) is 0 Å². The number of pyridine rings is 1. The van der Waals surface area contributed by atoms with Crippen LogP contribution < -0.4 is 4.90 Å². The Hall–Kier alpha value is -1.88. The molecule has 0 radical (unpaired) electrons. The molecular weight excluding hydrogens is 256 g/mol. The van der Waals surface area contributed by atoms with Gasteiger partial charge in [-0.05, 0) is 30.5 Å². The molecule has 20 heavy (non-hydrogen) atoms. The number of ether oxygens (including phenoxy) is 1. The average Bonchev–Trinajstić information content (AvgIpc) is 2.47. The number of aromatic nitrogens is 1. The Balaban J connectivity index is 2.21. The molecule has 0 spiro atoms. The first kappa shape index (κ1) is 14.5. The average molecular weight is 276 g/mol. The van der Waals surface area contributed by atoms with Crippen LogP contribution in [-0.2, 0) is 11.2 Å². The van der Waals surface area contributed by atoms with E-state index in [9.17, 15) is 4.79 Å². The number of carboxylic acid groups (broad SMARTS) is 1. The number of nitrogens with zero attached hydrogens (tertiary/aromatic N) is 2. The predicted octanol–water partition coefficient (Wildman–Crippen LogP) is 2.13. The van der Waals surface area contributed by atoms with Crippen molar-refractivity contribution in [3.63, 3.8) is 0 Å². The lowest BCUT2D eigenvalue weighted by Crippen LogP contribution is -2.30. The summed E-state index contributed by atoms with van der Waals surface area (Å²) in [4.78, 5) is 17.8. The van der Waals surface area contributed by atoms with Crippen molar-refractivity contribution in [2.75, 3.05) is 31.7 Å². The maximum Gasteiger partial charge on any atom is 0.335 e. The molecule has 0 atom stereocenters. The maximum absolute atomic E-state index is 11.2. The molecule has 0 fully saturated rings. The second-order valence-electron chi connectivity index (χ2n) is 4.86. The number of methoxy groups -OCH3 is 1. The van der Waals surface area contributed by atoms with Crippen molar-refractivity contribution in [1.29, 1.82) is 0 Å². The Morgan fingerprint density at radius 2 is 2.30 bits per heavy atom. The van der Waals surface area contributed by atoms with Crippen molar-refractivity contribution < 1.29 is 14.6 Å². The zero-order chi connectivity index (χ0) is 14.5. The molecule has 1 aliphatic rings. The van der Waals surface area contributed by atoms with Crippen molar-refractivity contribution in [2.45, 2.75) is 19.8 Å². The second-order valence-corrected chi connectivity index (χ2v) is 4.86. The van der Waals surface area contributed by atoms with Gasteiger partial charge in [0.15, 0.2) is 0 Å². The maximum atomic E-state index is 11.2. The van der Waals surface area contributed by atoms with Gasteiger partial charge < -0.3 is 14.7 Å². The van der Waals surface area contributed by atoms with Crippen LogP contribution in [0.25, 0.3) is 0 Å². The van der Waals surface area contributed by atoms with E-state index in [1.165, 1.54) is 5.57 Å². The summed E-state index contributed by atoms with van der Waals surface area (Å²) in [5.74, 6) is -0.162. The molecule has 1 aromatic rings. The van der Waals surface area contributed by atoms with Crippen LogP contribution in [0, 0.1) is 0 Å². The molecule has 1 aliphatic heterocycles. The normalized spacial score (nSPS) is 15.1. The van der Waals surface area contributed by atoms with E-state index in [4.69, 9.17) is 9.84 Å². The van der Waals surface area contributed by atoms with Gasteiger partial charge in [-0.25, -0.2) is 9.78 Å². The number of anilines is 1. The summed E-state index contributed by atoms with van der Waals surface area (Å²) in [5.41, 5.74) is 2.40. The Labute approximate surface area is 118 Å². The van der Waals surface area contributed by atoms with Gasteiger partial charge in [-0.1, -0.05) is 13.0 Å². The monoisotopic (exact) mass is 276 g/mol. The molecule has 2 rings (SSSR count). The van der Waals surface area contributed by atoms with Gasteiger partial charge in [-0.15, -0.1) is 0 Å². The van der Waals surface area contributed by atoms with Crippen molar-refractivity contribution in [2.24, 2.45) is 0 Å². The van der Waals surface area contributed by atoms with E-state index in [-0.39, 0.29) is 0 Å². The molecule has 1 N–H and O–H groups in total. The fourth-order valence-electron chi connectivity index (χ4n) is 2.27. The molecule has 0 unspecified atom stereocenters. The third-order valence-electron chi connectivity index (χ3n) is 3.43. The molecule has 0 amide bonds. The van der Waals surface area contributed by atoms with Gasteiger partial charge in [0.25, 0.3) is 0 Å². The molecule has 108 valence electrons. The smallest absolute Gasteiger partial charge is 0.335 e. The van der Waals surface area contributed by atoms with Gasteiger partial charge in [0.2, 0.25) is 0 Å². The summed E-state index contributed by atoms with van der Waals surface area (Å²) >= 11 is 0. The first-order chi connectivity index (χ1) is 9.63. The van der Waals surface area contributed by atoms with Crippen LogP contribution in [0.4, 0.5) is 5.82 Å². The quantitative estimate of drug-likeness (QED) is 0.835. The fourth-order valence-corrected chi connectivity index (χ4v) is 2.27. The van der Waals surface area contributed by atoms with Crippen LogP contribution in [0.2, 0.25) is 0 Å². The molecular formula is C15H20N2O3. The summed E-state index contributed by atoms with van der Waals surface area (Å²) in [7, 11) is 1.69. The summed E-state index contributed by atoms with van der Waals surface area (Å²) in [6.07, 6.45) is 3.79. The van der Waals surface area contributed by atoms with Gasteiger partial charge in [0, 0.05) is 25.9 Å². The van der Waals surface area contributed by atoms with Crippen molar-refractivity contribution in [3.8, 4) is 0 Å². The number of aryl methyl sites for hydroxylation is 1. The molecule has 0 aliphatic carbocycles. The topological polar surface area (TPSA) is 62.7 Å². The van der Waals surface area contributed by atoms with Crippen LogP contribution in [-0.4, -0.2) is 42.9 Å². The van der Waals surface area contributed by atoms with Crippen molar-refractivity contribution in [1.82, 2.24) is 4.98 Å². The standard InChI is InChI=1S/C15H20N2O3/c1-3-13-8-12(15(18)19)9-14(16-13)17-6-4-11(5-7-17)10-20-2/h4,8-9H,3,5-7,10H2,1-2H3,(H,18,19). The van der Waals surface area contributed by atoms with E-state index in [2.05, 4.69) is 16.0 Å². The van der Waals surface area contributed by atoms with E-state index >= 15 is 0 Å². The molecule has 0 bridgehead atoms. The first-order valence-electron chi connectivity index (χ1n) is 6.80. The highest BCUT2D eigenvalue weighted by molar-refractivity contribution is 5.88. The highest BCUT2D eigenvalue weighted by Crippen LogP contribution is 2.20. The lowest BCUT2D eigenvalue weighted by atomic mass is 10.1. The van der Waals surface area contributed by atoms with Gasteiger partial charge in [-0.2, -0.15) is 0 Å². The molecule has 0 saturated carbocycles. The largest absolute Gasteiger partial charge is 0.478 e. The van der Waals surface area contributed by atoms with Crippen molar-refractivity contribution in [3.05, 3.63) is 35.0 Å². The fraction of sp³-hybridized carbons (Fsp3) is 0.467. The third-order valence-corrected chi connectivity index (χ3v) is 3.43. The highest BCUT2D eigenvalue weighted by atomic mass is 16.5. The summed E-state index contributed by atoms with van der Waals surface area (Å²) in [5, 5.41) is 9.16. The summed E-state index contributed by atoms with van der Waals surface area (Å²) in [6.45, 7) is 4.23. The number of carboxylic acids is 1. The van der Waals surface area contributed by atoms with E-state index in [1.807, 2.05) is 6.92 Å². The molecule has 1 aromatic heterocycles. The van der Waals surface area contributed by atoms with Crippen LogP contribution in [0.1, 0.15) is 29.4 Å². The number of hydrogen-bond acceptors (Lipinski definition) is 4. The summed E-state index contributed by atoms with van der Waals surface area (Å²) in [6, 6.07) is 3.29. The van der Waals surface area contributed by atoms with E-state index in [1.54, 1.807) is 19.2 Å². The lowest BCUT2D eigenvalue weighted by Gasteiger charge is -2.27. The Bertz CT molecular complexity index is 526. The molecule has 5 nitrogen and oxygen atoms in total. The van der Waals surface area contributed by atoms with Crippen molar-refractivity contribution >= 4 is 11.8 Å². The van der Waals surface area contributed by atoms with Crippen LogP contribution >= 0.6 is 0 Å². The van der Waals surface area contributed by atoms with Gasteiger partial charge in [0.1, 0.15) is 5.82 Å². The van der Waals surface area contributed by atoms with Gasteiger partial charge >= 0.3 is 5.97 Å². The van der Waals surface area contributed by atoms with Gasteiger partial charge in [-0.3, -0.25) is 0 Å². The Kier molecular flexibility index (Phi) is 4.74. The van der Waals surface area contributed by atoms with E-state index in [0.717, 1.165) is 37.4 Å².